The van der Waals surface area contributed by atoms with Crippen LogP contribution < -0.4 is 0 Å². The minimum absolute atomic E-state index is 0.418. The van der Waals surface area contributed by atoms with Crippen LogP contribution in [0.4, 0.5) is 5.69 Å². The van der Waals surface area contributed by atoms with Crippen LogP contribution in [0.15, 0.2) is 84.4 Å². The van der Waals surface area contributed by atoms with Crippen LogP contribution in [-0.2, 0) is 6.42 Å². The molecule has 0 unspecified atom stereocenters. The summed E-state index contributed by atoms with van der Waals surface area (Å²) in [5, 5.41) is 4.13. The number of nitrogens with zero attached hydrogens (tertiary/aromatic N) is 3. The van der Waals surface area contributed by atoms with Gasteiger partial charge in [0.2, 0.25) is 0 Å². The second kappa shape index (κ2) is 6.61. The summed E-state index contributed by atoms with van der Waals surface area (Å²) in [5.74, 6) is 0. The molecule has 4 rings (SSSR count). The number of benzene rings is 2. The van der Waals surface area contributed by atoms with E-state index in [0.717, 1.165) is 28.5 Å². The molecule has 0 amide bonds. The van der Waals surface area contributed by atoms with Crippen molar-refractivity contribution in [3.63, 3.8) is 0 Å². The molecule has 0 aliphatic rings. The molecule has 0 fully saturated rings. The lowest BCUT2D eigenvalue weighted by Crippen LogP contribution is -1.92. The Balaban J connectivity index is 1.88. The number of hydrogen-bond donors (Lipinski definition) is 0. The number of fused-ring (bicyclic) bond motifs is 1. The molecule has 4 nitrogen and oxygen atoms in total. The summed E-state index contributed by atoms with van der Waals surface area (Å²) in [7, 11) is 0. The largest absolute Gasteiger partial charge is 0.265 e. The van der Waals surface area contributed by atoms with Gasteiger partial charge in [-0.15, -0.1) is 4.91 Å². The Morgan fingerprint density at radius 2 is 1.72 bits per heavy atom. The van der Waals surface area contributed by atoms with E-state index in [2.05, 4.69) is 33.3 Å². The quantitative estimate of drug-likeness (QED) is 0.479. The van der Waals surface area contributed by atoms with E-state index in [9.17, 15) is 4.91 Å². The first kappa shape index (κ1) is 15.1. The highest BCUT2D eigenvalue weighted by molar-refractivity contribution is 5.94. The van der Waals surface area contributed by atoms with Gasteiger partial charge in [0, 0.05) is 29.5 Å². The predicted octanol–water partition coefficient (Wildman–Crippen LogP) is 5.29. The fraction of sp³-hybridized carbons (Fsp3) is 0.0476. The van der Waals surface area contributed by atoms with Crippen LogP contribution in [0.3, 0.4) is 0 Å². The summed E-state index contributed by atoms with van der Waals surface area (Å²) in [6.07, 6.45) is 6.21. The van der Waals surface area contributed by atoms with Crippen molar-refractivity contribution in [2.75, 3.05) is 0 Å². The molecular weight excluding hydrogens is 310 g/mol. The molecule has 2 heterocycles. The van der Waals surface area contributed by atoms with Gasteiger partial charge in [-0.1, -0.05) is 18.2 Å². The minimum Gasteiger partial charge on any atom is -0.265 e. The highest BCUT2D eigenvalue weighted by Crippen LogP contribution is 2.31. The van der Waals surface area contributed by atoms with Gasteiger partial charge in [-0.3, -0.25) is 9.97 Å². The fourth-order valence-electron chi connectivity index (χ4n) is 3.04. The van der Waals surface area contributed by atoms with Crippen molar-refractivity contribution in [1.82, 2.24) is 9.97 Å². The van der Waals surface area contributed by atoms with Crippen molar-refractivity contribution in [3.8, 4) is 11.1 Å². The Morgan fingerprint density at radius 3 is 2.56 bits per heavy atom. The van der Waals surface area contributed by atoms with Crippen LogP contribution in [0.5, 0.6) is 0 Å². The predicted molar refractivity (Wildman–Crippen MR) is 99.7 cm³/mol. The first-order valence-corrected chi connectivity index (χ1v) is 8.04. The minimum atomic E-state index is 0.418. The SMILES string of the molecule is O=Nc1cccc(-c2cc(Cc3ccncc3)cc3cccnc23)c1. The smallest absolute Gasteiger partial charge is 0.108 e. The average molecular weight is 325 g/mol. The molecule has 2 aromatic carbocycles. The summed E-state index contributed by atoms with van der Waals surface area (Å²) in [6.45, 7) is 0. The van der Waals surface area contributed by atoms with Gasteiger partial charge in [-0.25, -0.2) is 0 Å². The van der Waals surface area contributed by atoms with Crippen molar-refractivity contribution in [2.45, 2.75) is 6.42 Å². The first-order chi connectivity index (χ1) is 12.3. The molecule has 2 aromatic heterocycles. The second-order valence-electron chi connectivity index (χ2n) is 5.89. The maximum Gasteiger partial charge on any atom is 0.108 e. The Labute approximate surface area is 145 Å². The van der Waals surface area contributed by atoms with Crippen LogP contribution in [0.2, 0.25) is 0 Å². The van der Waals surface area contributed by atoms with Gasteiger partial charge in [0.15, 0.2) is 0 Å². The molecule has 0 aliphatic heterocycles. The molecule has 0 spiro atoms. The van der Waals surface area contributed by atoms with E-state index < -0.39 is 0 Å². The molecule has 0 saturated carbocycles. The molecule has 0 aliphatic carbocycles. The summed E-state index contributed by atoms with van der Waals surface area (Å²) >= 11 is 0. The van der Waals surface area contributed by atoms with Gasteiger partial charge in [0.1, 0.15) is 5.69 Å². The van der Waals surface area contributed by atoms with E-state index in [0.29, 0.717) is 5.69 Å². The second-order valence-corrected chi connectivity index (χ2v) is 5.89. The number of hydrogen-bond acceptors (Lipinski definition) is 4. The van der Waals surface area contributed by atoms with E-state index in [1.807, 2.05) is 30.3 Å². The van der Waals surface area contributed by atoms with Crippen molar-refractivity contribution < 1.29 is 0 Å². The van der Waals surface area contributed by atoms with E-state index in [4.69, 9.17) is 0 Å². The molecule has 0 saturated heterocycles. The zero-order valence-electron chi connectivity index (χ0n) is 13.5. The third kappa shape index (κ3) is 3.15. The van der Waals surface area contributed by atoms with Gasteiger partial charge in [-0.05, 0) is 70.8 Å². The number of pyridine rings is 2. The van der Waals surface area contributed by atoms with Crippen molar-refractivity contribution in [2.24, 2.45) is 5.18 Å². The maximum atomic E-state index is 10.9. The third-order valence-electron chi connectivity index (χ3n) is 4.18. The highest BCUT2D eigenvalue weighted by atomic mass is 16.3. The topological polar surface area (TPSA) is 55.2 Å². The molecule has 0 N–H and O–H groups in total. The van der Waals surface area contributed by atoms with E-state index in [1.54, 1.807) is 30.7 Å². The van der Waals surface area contributed by atoms with Gasteiger partial charge in [0.05, 0.1) is 5.52 Å². The molecule has 25 heavy (non-hydrogen) atoms. The number of nitroso groups, excluding NO2 is 1. The summed E-state index contributed by atoms with van der Waals surface area (Å²) < 4.78 is 0. The molecule has 0 radical (unpaired) electrons. The standard InChI is InChI=1S/C21H15N3O/c25-24-19-5-1-3-17(14-19)20-13-16(11-15-6-9-22-10-7-15)12-18-4-2-8-23-21(18)20/h1-10,12-14H,11H2. The van der Waals surface area contributed by atoms with Gasteiger partial charge >= 0.3 is 0 Å². The van der Waals surface area contributed by atoms with E-state index in [-0.39, 0.29) is 0 Å². The van der Waals surface area contributed by atoms with Gasteiger partial charge in [-0.2, -0.15) is 0 Å². The zero-order valence-corrected chi connectivity index (χ0v) is 13.5. The summed E-state index contributed by atoms with van der Waals surface area (Å²) in [4.78, 5) is 19.5. The van der Waals surface area contributed by atoms with Crippen LogP contribution in [0.25, 0.3) is 22.0 Å². The third-order valence-corrected chi connectivity index (χ3v) is 4.18. The lowest BCUT2D eigenvalue weighted by Gasteiger charge is -2.10. The zero-order chi connectivity index (χ0) is 17.1. The van der Waals surface area contributed by atoms with Crippen LogP contribution >= 0.6 is 0 Å². The summed E-state index contributed by atoms with van der Waals surface area (Å²) in [5.41, 5.74) is 5.67. The Kier molecular flexibility index (Phi) is 4.01. The first-order valence-electron chi connectivity index (χ1n) is 8.04. The Hall–Kier alpha value is -3.40. The Bertz CT molecular complexity index is 1050. The van der Waals surface area contributed by atoms with Crippen molar-refractivity contribution in [1.29, 1.82) is 0 Å². The number of rotatable bonds is 4. The normalized spacial score (nSPS) is 10.7. The van der Waals surface area contributed by atoms with E-state index in [1.165, 1.54) is 11.1 Å². The van der Waals surface area contributed by atoms with Gasteiger partial charge in [0.25, 0.3) is 0 Å². The van der Waals surface area contributed by atoms with Crippen molar-refractivity contribution >= 4 is 16.6 Å². The average Bonchev–Trinajstić information content (AvgIpc) is 2.68. The lowest BCUT2D eigenvalue weighted by molar-refractivity contribution is 1.17. The Morgan fingerprint density at radius 1 is 0.840 bits per heavy atom. The highest BCUT2D eigenvalue weighted by Gasteiger charge is 2.09. The fourth-order valence-corrected chi connectivity index (χ4v) is 3.04. The monoisotopic (exact) mass is 325 g/mol. The van der Waals surface area contributed by atoms with Crippen LogP contribution in [0, 0.1) is 4.91 Å². The van der Waals surface area contributed by atoms with Crippen molar-refractivity contribution in [3.05, 3.63) is 95.3 Å². The van der Waals surface area contributed by atoms with Gasteiger partial charge < -0.3 is 0 Å². The molecule has 0 bridgehead atoms. The molecule has 0 atom stereocenters. The molecular formula is C21H15N3O. The molecule has 4 heteroatoms. The van der Waals surface area contributed by atoms with Crippen LogP contribution in [-0.4, -0.2) is 9.97 Å². The molecule has 4 aromatic rings. The summed E-state index contributed by atoms with van der Waals surface area (Å²) in [6, 6.07) is 19.7. The number of aromatic nitrogens is 2. The maximum absolute atomic E-state index is 10.9. The van der Waals surface area contributed by atoms with E-state index >= 15 is 0 Å². The molecule has 120 valence electrons. The lowest BCUT2D eigenvalue weighted by atomic mass is 9.96. The van der Waals surface area contributed by atoms with Crippen LogP contribution in [0.1, 0.15) is 11.1 Å².